The maximum absolute atomic E-state index is 13.2. The fourth-order valence-electron chi connectivity index (χ4n) is 1.31. The number of nitrogens with zero attached hydrogens (tertiary/aromatic N) is 3. The van der Waals surface area contributed by atoms with E-state index in [9.17, 15) is 9.18 Å². The van der Waals surface area contributed by atoms with E-state index in [4.69, 9.17) is 0 Å². The Balaban J connectivity index is 2.76. The van der Waals surface area contributed by atoms with Crippen LogP contribution in [0.4, 0.5) is 4.39 Å². The van der Waals surface area contributed by atoms with Gasteiger partial charge in [0.15, 0.2) is 11.5 Å². The van der Waals surface area contributed by atoms with Crippen LogP contribution in [-0.4, -0.2) is 27.4 Å². The van der Waals surface area contributed by atoms with E-state index < -0.39 is 11.8 Å². The molecule has 78 valence electrons. The first-order chi connectivity index (χ1) is 7.13. The second kappa shape index (κ2) is 3.30. The van der Waals surface area contributed by atoms with E-state index in [1.807, 2.05) is 0 Å². The summed E-state index contributed by atoms with van der Waals surface area (Å²) in [5.74, 6) is -1.19. The molecule has 0 saturated carbocycles. The van der Waals surface area contributed by atoms with Gasteiger partial charge in [-0.3, -0.25) is 4.40 Å². The van der Waals surface area contributed by atoms with E-state index in [-0.39, 0.29) is 11.5 Å². The van der Waals surface area contributed by atoms with Gasteiger partial charge in [-0.25, -0.2) is 19.2 Å². The maximum Gasteiger partial charge on any atom is 0.374 e. The summed E-state index contributed by atoms with van der Waals surface area (Å²) >= 11 is 0. The number of methoxy groups -OCH3 is 1. The smallest absolute Gasteiger partial charge is 0.374 e. The minimum Gasteiger partial charge on any atom is -0.463 e. The standard InChI is InChI=1S/C9H8FN3O2/c1-5-4-13-7(12-5)6(10)3-11-8(13)9(14)15-2/h3-4H,1-2H3. The monoisotopic (exact) mass is 209 g/mol. The topological polar surface area (TPSA) is 56.5 Å². The normalized spacial score (nSPS) is 10.6. The van der Waals surface area contributed by atoms with E-state index in [0.29, 0.717) is 5.69 Å². The van der Waals surface area contributed by atoms with Crippen molar-refractivity contribution in [1.82, 2.24) is 14.4 Å². The van der Waals surface area contributed by atoms with Gasteiger partial charge in [0.2, 0.25) is 5.82 Å². The molecule has 0 aliphatic rings. The van der Waals surface area contributed by atoms with Crippen molar-refractivity contribution < 1.29 is 13.9 Å². The third kappa shape index (κ3) is 1.43. The molecule has 0 atom stereocenters. The Hall–Kier alpha value is -1.98. The van der Waals surface area contributed by atoms with E-state index in [1.54, 1.807) is 6.92 Å². The van der Waals surface area contributed by atoms with E-state index in [1.165, 1.54) is 17.7 Å². The van der Waals surface area contributed by atoms with Crippen LogP contribution in [-0.2, 0) is 4.74 Å². The van der Waals surface area contributed by atoms with Gasteiger partial charge in [0.1, 0.15) is 0 Å². The minimum atomic E-state index is -0.627. The van der Waals surface area contributed by atoms with Crippen molar-refractivity contribution in [2.75, 3.05) is 7.11 Å². The molecule has 0 N–H and O–H groups in total. The molecule has 2 heterocycles. The zero-order chi connectivity index (χ0) is 11.0. The fraction of sp³-hybridized carbons (Fsp3) is 0.222. The molecule has 15 heavy (non-hydrogen) atoms. The molecular formula is C9H8FN3O2. The number of halogens is 1. The molecule has 0 bridgehead atoms. The first-order valence-corrected chi connectivity index (χ1v) is 4.22. The quantitative estimate of drug-likeness (QED) is 0.656. The predicted octanol–water partition coefficient (Wildman–Crippen LogP) is 0.963. The Morgan fingerprint density at radius 1 is 1.60 bits per heavy atom. The van der Waals surface area contributed by atoms with Crippen LogP contribution in [0, 0.1) is 12.7 Å². The molecule has 6 heteroatoms. The average Bonchev–Trinajstić information content (AvgIpc) is 2.60. The third-order valence-electron chi connectivity index (χ3n) is 1.94. The highest BCUT2D eigenvalue weighted by atomic mass is 19.1. The predicted molar refractivity (Wildman–Crippen MR) is 49.0 cm³/mol. The van der Waals surface area contributed by atoms with Gasteiger partial charge in [-0.2, -0.15) is 0 Å². The number of carbonyl (C=O) groups excluding carboxylic acids is 1. The molecule has 5 nitrogen and oxygen atoms in total. The first kappa shape index (κ1) is 9.57. The number of ether oxygens (including phenoxy) is 1. The second-order valence-electron chi connectivity index (χ2n) is 3.00. The van der Waals surface area contributed by atoms with Gasteiger partial charge in [-0.05, 0) is 6.92 Å². The summed E-state index contributed by atoms with van der Waals surface area (Å²) in [4.78, 5) is 18.9. The van der Waals surface area contributed by atoms with Crippen molar-refractivity contribution in [3.8, 4) is 0 Å². The molecule has 2 rings (SSSR count). The first-order valence-electron chi connectivity index (χ1n) is 4.22. The minimum absolute atomic E-state index is 0.00880. The molecule has 0 spiro atoms. The van der Waals surface area contributed by atoms with Crippen molar-refractivity contribution >= 4 is 11.6 Å². The number of hydrogen-bond acceptors (Lipinski definition) is 4. The maximum atomic E-state index is 13.2. The summed E-state index contributed by atoms with van der Waals surface area (Å²) < 4.78 is 19.0. The summed E-state index contributed by atoms with van der Waals surface area (Å²) in [6, 6.07) is 0. The van der Waals surface area contributed by atoms with Crippen LogP contribution >= 0.6 is 0 Å². The Labute approximate surface area is 84.5 Å². The van der Waals surface area contributed by atoms with Crippen LogP contribution in [0.2, 0.25) is 0 Å². The lowest BCUT2D eigenvalue weighted by Crippen LogP contribution is -2.11. The van der Waals surface area contributed by atoms with Gasteiger partial charge in [0, 0.05) is 6.20 Å². The third-order valence-corrected chi connectivity index (χ3v) is 1.94. The Morgan fingerprint density at radius 2 is 2.33 bits per heavy atom. The Morgan fingerprint density at radius 3 is 3.00 bits per heavy atom. The highest BCUT2D eigenvalue weighted by Gasteiger charge is 2.15. The van der Waals surface area contributed by atoms with Crippen molar-refractivity contribution in [2.24, 2.45) is 0 Å². The molecule has 2 aromatic rings. The van der Waals surface area contributed by atoms with E-state index in [0.717, 1.165) is 6.20 Å². The number of imidazole rings is 1. The molecule has 0 radical (unpaired) electrons. The summed E-state index contributed by atoms with van der Waals surface area (Å²) in [6.45, 7) is 1.70. The molecule has 0 saturated heterocycles. The van der Waals surface area contributed by atoms with Gasteiger partial charge in [-0.15, -0.1) is 0 Å². The zero-order valence-electron chi connectivity index (χ0n) is 8.19. The molecule has 2 aromatic heterocycles. The average molecular weight is 209 g/mol. The van der Waals surface area contributed by atoms with Crippen molar-refractivity contribution in [3.63, 3.8) is 0 Å². The van der Waals surface area contributed by atoms with Crippen LogP contribution in [0.15, 0.2) is 12.4 Å². The summed E-state index contributed by atoms with van der Waals surface area (Å²) in [7, 11) is 1.24. The van der Waals surface area contributed by atoms with Crippen LogP contribution in [0.3, 0.4) is 0 Å². The molecule has 0 aliphatic heterocycles. The summed E-state index contributed by atoms with van der Waals surface area (Å²) in [5, 5.41) is 0. The van der Waals surface area contributed by atoms with E-state index >= 15 is 0 Å². The lowest BCUT2D eigenvalue weighted by Gasteiger charge is -2.01. The fourth-order valence-corrected chi connectivity index (χ4v) is 1.31. The highest BCUT2D eigenvalue weighted by Crippen LogP contribution is 2.11. The van der Waals surface area contributed by atoms with Gasteiger partial charge in [0.25, 0.3) is 0 Å². The Kier molecular flexibility index (Phi) is 2.11. The van der Waals surface area contributed by atoms with Gasteiger partial charge < -0.3 is 4.74 Å². The molecule has 0 aromatic carbocycles. The van der Waals surface area contributed by atoms with Crippen LogP contribution < -0.4 is 0 Å². The molecule has 0 aliphatic carbocycles. The second-order valence-corrected chi connectivity index (χ2v) is 3.00. The van der Waals surface area contributed by atoms with Crippen LogP contribution in [0.25, 0.3) is 5.65 Å². The SMILES string of the molecule is COC(=O)c1ncc(F)c2nc(C)cn12. The van der Waals surface area contributed by atoms with Gasteiger partial charge >= 0.3 is 5.97 Å². The Bertz CT molecular complexity index is 535. The van der Waals surface area contributed by atoms with Gasteiger partial charge in [0.05, 0.1) is 19.0 Å². The molecule has 0 amide bonds. The molecule has 0 fully saturated rings. The number of rotatable bonds is 1. The number of aromatic nitrogens is 3. The zero-order valence-corrected chi connectivity index (χ0v) is 8.19. The number of aryl methyl sites for hydroxylation is 1. The van der Waals surface area contributed by atoms with Crippen LogP contribution in [0.5, 0.6) is 0 Å². The molecule has 0 unspecified atom stereocenters. The highest BCUT2D eigenvalue weighted by molar-refractivity contribution is 5.86. The summed E-state index contributed by atoms with van der Waals surface area (Å²) in [6.07, 6.45) is 2.48. The van der Waals surface area contributed by atoms with Gasteiger partial charge in [-0.1, -0.05) is 0 Å². The number of hydrogen-bond donors (Lipinski definition) is 0. The molecular weight excluding hydrogens is 201 g/mol. The van der Waals surface area contributed by atoms with E-state index in [2.05, 4.69) is 14.7 Å². The number of carbonyl (C=O) groups is 1. The largest absolute Gasteiger partial charge is 0.463 e. The number of fused-ring (bicyclic) bond motifs is 1. The van der Waals surface area contributed by atoms with Crippen LogP contribution in [0.1, 0.15) is 16.3 Å². The van der Waals surface area contributed by atoms with Crippen molar-refractivity contribution in [2.45, 2.75) is 6.92 Å². The number of esters is 1. The lowest BCUT2D eigenvalue weighted by molar-refractivity contribution is 0.0584. The van der Waals surface area contributed by atoms with Crippen molar-refractivity contribution in [3.05, 3.63) is 29.7 Å². The van der Waals surface area contributed by atoms with Crippen molar-refractivity contribution in [1.29, 1.82) is 0 Å². The lowest BCUT2D eigenvalue weighted by atomic mass is 10.5. The summed E-state index contributed by atoms with van der Waals surface area (Å²) in [5.41, 5.74) is 0.676.